The van der Waals surface area contributed by atoms with E-state index in [1.54, 1.807) is 11.3 Å². The van der Waals surface area contributed by atoms with Crippen molar-refractivity contribution in [1.29, 1.82) is 0 Å². The smallest absolute Gasteiger partial charge is 0.253 e. The lowest BCUT2D eigenvalue weighted by Crippen LogP contribution is -2.48. The zero-order valence-electron chi connectivity index (χ0n) is 16.0. The Morgan fingerprint density at radius 3 is 2.23 bits per heavy atom. The molecule has 0 aliphatic carbocycles. The molecule has 2 aromatic rings. The highest BCUT2D eigenvalue weighted by Gasteiger charge is 2.23. The van der Waals surface area contributed by atoms with E-state index in [9.17, 15) is 4.79 Å². The average Bonchev–Trinajstić information content (AvgIpc) is 2.99. The predicted molar refractivity (Wildman–Crippen MR) is 110 cm³/mol. The molecule has 4 nitrogen and oxygen atoms in total. The number of amides is 1. The Bertz CT molecular complexity index is 728. The number of hydrogen-bond acceptors (Lipinski definition) is 4. The van der Waals surface area contributed by atoms with E-state index in [2.05, 4.69) is 48.2 Å². The van der Waals surface area contributed by atoms with E-state index in [1.807, 2.05) is 24.0 Å². The maximum atomic E-state index is 12.7. The van der Waals surface area contributed by atoms with Gasteiger partial charge in [0.1, 0.15) is 0 Å². The molecule has 1 aromatic heterocycles. The minimum Gasteiger partial charge on any atom is -0.336 e. The van der Waals surface area contributed by atoms with Crippen molar-refractivity contribution in [2.45, 2.75) is 39.7 Å². The molecule has 6 heteroatoms. The van der Waals surface area contributed by atoms with Crippen LogP contribution in [-0.2, 0) is 12.0 Å². The fraction of sp³-hybridized carbons (Fsp3) is 0.500. The first-order chi connectivity index (χ1) is 11.8. The van der Waals surface area contributed by atoms with E-state index in [4.69, 9.17) is 0 Å². The number of rotatable bonds is 3. The summed E-state index contributed by atoms with van der Waals surface area (Å²) in [6.07, 6.45) is 0. The molecule has 2 heterocycles. The van der Waals surface area contributed by atoms with Gasteiger partial charge in [0.15, 0.2) is 0 Å². The highest BCUT2D eigenvalue weighted by molar-refractivity contribution is 7.09. The summed E-state index contributed by atoms with van der Waals surface area (Å²) in [5.74, 6) is 0.143. The Kier molecular flexibility index (Phi) is 6.83. The Morgan fingerprint density at radius 1 is 1.12 bits per heavy atom. The average molecular weight is 394 g/mol. The molecule has 142 valence electrons. The van der Waals surface area contributed by atoms with Crippen molar-refractivity contribution >= 4 is 29.7 Å². The first-order valence-corrected chi connectivity index (χ1v) is 9.74. The van der Waals surface area contributed by atoms with Crippen LogP contribution in [0.5, 0.6) is 0 Å². The molecular formula is C20H28ClN3OS. The third kappa shape index (κ3) is 5.06. The lowest BCUT2D eigenvalue weighted by Gasteiger charge is -2.34. The highest BCUT2D eigenvalue weighted by Crippen LogP contribution is 2.22. The van der Waals surface area contributed by atoms with Crippen molar-refractivity contribution in [3.63, 3.8) is 0 Å². The van der Waals surface area contributed by atoms with Gasteiger partial charge >= 0.3 is 0 Å². The van der Waals surface area contributed by atoms with Crippen LogP contribution in [0.3, 0.4) is 0 Å². The van der Waals surface area contributed by atoms with Crippen LogP contribution in [-0.4, -0.2) is 46.9 Å². The summed E-state index contributed by atoms with van der Waals surface area (Å²) in [6, 6.07) is 8.09. The van der Waals surface area contributed by atoms with Crippen LogP contribution in [0, 0.1) is 6.92 Å². The molecule has 0 unspecified atom stereocenters. The van der Waals surface area contributed by atoms with Crippen molar-refractivity contribution in [3.05, 3.63) is 51.5 Å². The molecule has 1 aliphatic rings. The first-order valence-electron chi connectivity index (χ1n) is 8.86. The number of piperazine rings is 1. The Labute approximate surface area is 166 Å². The minimum atomic E-state index is 0. The number of aryl methyl sites for hydroxylation is 1. The monoisotopic (exact) mass is 393 g/mol. The minimum absolute atomic E-state index is 0. The van der Waals surface area contributed by atoms with Crippen LogP contribution >= 0.6 is 23.7 Å². The molecule has 1 fully saturated rings. The number of thiazole rings is 1. The van der Waals surface area contributed by atoms with Gasteiger partial charge < -0.3 is 4.90 Å². The van der Waals surface area contributed by atoms with Crippen molar-refractivity contribution in [2.75, 3.05) is 26.2 Å². The van der Waals surface area contributed by atoms with E-state index < -0.39 is 0 Å². The van der Waals surface area contributed by atoms with E-state index in [1.165, 1.54) is 5.56 Å². The number of carbonyl (C=O) groups is 1. The van der Waals surface area contributed by atoms with E-state index in [0.717, 1.165) is 49.0 Å². The molecule has 0 radical (unpaired) electrons. The van der Waals surface area contributed by atoms with Crippen LogP contribution < -0.4 is 0 Å². The number of hydrogen-bond donors (Lipinski definition) is 0. The summed E-state index contributed by atoms with van der Waals surface area (Å²) in [6.45, 7) is 12.9. The highest BCUT2D eigenvalue weighted by atomic mass is 35.5. The molecule has 0 saturated carbocycles. The van der Waals surface area contributed by atoms with Gasteiger partial charge in [-0.3, -0.25) is 9.69 Å². The molecule has 0 atom stereocenters. The van der Waals surface area contributed by atoms with Gasteiger partial charge in [-0.1, -0.05) is 32.9 Å². The molecule has 0 spiro atoms. The maximum Gasteiger partial charge on any atom is 0.253 e. The van der Waals surface area contributed by atoms with Crippen LogP contribution in [0.15, 0.2) is 29.6 Å². The summed E-state index contributed by atoms with van der Waals surface area (Å²) in [4.78, 5) is 21.6. The molecule has 26 heavy (non-hydrogen) atoms. The second-order valence-electron chi connectivity index (χ2n) is 7.75. The second-order valence-corrected chi connectivity index (χ2v) is 8.82. The van der Waals surface area contributed by atoms with Gasteiger partial charge in [-0.15, -0.1) is 23.7 Å². The fourth-order valence-electron chi connectivity index (χ4n) is 3.11. The summed E-state index contributed by atoms with van der Waals surface area (Å²) >= 11 is 1.70. The number of nitrogens with zero attached hydrogens (tertiary/aromatic N) is 3. The van der Waals surface area contributed by atoms with Crippen molar-refractivity contribution < 1.29 is 4.79 Å². The van der Waals surface area contributed by atoms with Gasteiger partial charge in [0.25, 0.3) is 5.91 Å². The summed E-state index contributed by atoms with van der Waals surface area (Å²) < 4.78 is 0. The van der Waals surface area contributed by atoms with Gasteiger partial charge in [-0.05, 0) is 30.0 Å². The Morgan fingerprint density at radius 2 is 1.73 bits per heavy atom. The summed E-state index contributed by atoms with van der Waals surface area (Å²) in [5.41, 5.74) is 3.30. The van der Waals surface area contributed by atoms with Crippen LogP contribution in [0.4, 0.5) is 0 Å². The third-order valence-electron chi connectivity index (χ3n) is 4.71. The molecular weight excluding hydrogens is 366 g/mol. The number of aromatic nitrogens is 1. The largest absolute Gasteiger partial charge is 0.336 e. The molecule has 1 saturated heterocycles. The normalized spacial score (nSPS) is 15.6. The number of halogens is 1. The van der Waals surface area contributed by atoms with Gasteiger partial charge in [0.05, 0.1) is 10.7 Å². The maximum absolute atomic E-state index is 12.7. The Hall–Kier alpha value is -1.43. The van der Waals surface area contributed by atoms with E-state index in [-0.39, 0.29) is 23.7 Å². The zero-order valence-corrected chi connectivity index (χ0v) is 17.6. The van der Waals surface area contributed by atoms with Crippen molar-refractivity contribution in [2.24, 2.45) is 0 Å². The standard InChI is InChI=1S/C20H27N3OS.ClH/c1-15-21-18(14-25-15)13-22-9-11-23(12-10-22)19(24)16-5-7-17(8-6-16)20(2,3)4;/h5-8,14H,9-13H2,1-4H3;1H. The fourth-order valence-corrected chi connectivity index (χ4v) is 3.72. The Balaban J connectivity index is 0.00000243. The molecule has 1 aliphatic heterocycles. The SMILES string of the molecule is Cc1nc(CN2CCN(C(=O)c3ccc(C(C)(C)C)cc3)CC2)cs1.Cl. The first kappa shape index (κ1) is 20.9. The quantitative estimate of drug-likeness (QED) is 0.786. The molecule has 3 rings (SSSR count). The number of benzene rings is 1. The summed E-state index contributed by atoms with van der Waals surface area (Å²) in [5, 5.41) is 3.24. The molecule has 1 amide bonds. The van der Waals surface area contributed by atoms with Gasteiger partial charge in [0.2, 0.25) is 0 Å². The van der Waals surface area contributed by atoms with Crippen molar-refractivity contribution in [3.8, 4) is 0 Å². The van der Waals surface area contributed by atoms with Gasteiger partial charge in [0, 0.05) is 43.7 Å². The van der Waals surface area contributed by atoms with E-state index in [0.29, 0.717) is 0 Å². The van der Waals surface area contributed by atoms with Crippen molar-refractivity contribution in [1.82, 2.24) is 14.8 Å². The van der Waals surface area contributed by atoms with Crippen LogP contribution in [0.25, 0.3) is 0 Å². The summed E-state index contributed by atoms with van der Waals surface area (Å²) in [7, 11) is 0. The van der Waals surface area contributed by atoms with Crippen LogP contribution in [0.2, 0.25) is 0 Å². The number of carbonyl (C=O) groups excluding carboxylic acids is 1. The molecule has 1 aromatic carbocycles. The van der Waals surface area contributed by atoms with Gasteiger partial charge in [-0.25, -0.2) is 4.98 Å². The van der Waals surface area contributed by atoms with Gasteiger partial charge in [-0.2, -0.15) is 0 Å². The second kappa shape index (κ2) is 8.51. The van der Waals surface area contributed by atoms with E-state index >= 15 is 0 Å². The zero-order chi connectivity index (χ0) is 18.0. The molecule has 0 N–H and O–H groups in total. The lowest BCUT2D eigenvalue weighted by atomic mass is 9.86. The van der Waals surface area contributed by atoms with Crippen LogP contribution in [0.1, 0.15) is 47.4 Å². The lowest BCUT2D eigenvalue weighted by molar-refractivity contribution is 0.0627. The third-order valence-corrected chi connectivity index (χ3v) is 5.53. The topological polar surface area (TPSA) is 36.4 Å². The molecule has 0 bridgehead atoms. The predicted octanol–water partition coefficient (Wildman–Crippen LogP) is 4.13.